The zero-order chi connectivity index (χ0) is 12.8. The molecule has 1 heterocycles. The third-order valence-electron chi connectivity index (χ3n) is 2.38. The number of rotatable bonds is 4. The minimum absolute atomic E-state index is 0.435. The van der Waals surface area contributed by atoms with Crippen LogP contribution < -0.4 is 4.90 Å². The predicted molar refractivity (Wildman–Crippen MR) is 78.4 cm³/mol. The van der Waals surface area contributed by atoms with Crippen molar-refractivity contribution in [1.82, 2.24) is 9.97 Å². The summed E-state index contributed by atoms with van der Waals surface area (Å²) in [5.74, 6) is 0.619. The van der Waals surface area contributed by atoms with Crippen LogP contribution in [-0.2, 0) is 0 Å². The van der Waals surface area contributed by atoms with E-state index in [1.165, 1.54) is 3.57 Å². The maximum atomic E-state index is 8.73. The largest absolute Gasteiger partial charge is 0.310 e. The van der Waals surface area contributed by atoms with Crippen LogP contribution in [0.15, 0.2) is 42.7 Å². The first-order chi connectivity index (χ1) is 8.81. The van der Waals surface area contributed by atoms with Gasteiger partial charge in [0.05, 0.1) is 12.5 Å². The van der Waals surface area contributed by atoms with Crippen LogP contribution >= 0.6 is 22.6 Å². The Hall–Kier alpha value is -1.68. The van der Waals surface area contributed by atoms with Gasteiger partial charge in [-0.05, 0) is 52.9 Å². The van der Waals surface area contributed by atoms with E-state index >= 15 is 0 Å². The second kappa shape index (κ2) is 6.31. The summed E-state index contributed by atoms with van der Waals surface area (Å²) in [6.45, 7) is 0.584. The van der Waals surface area contributed by atoms with E-state index in [2.05, 4.69) is 38.6 Å². The van der Waals surface area contributed by atoms with Crippen LogP contribution in [0.1, 0.15) is 6.42 Å². The highest BCUT2D eigenvalue weighted by Crippen LogP contribution is 2.22. The molecule has 0 spiro atoms. The maximum absolute atomic E-state index is 8.73. The van der Waals surface area contributed by atoms with E-state index in [0.29, 0.717) is 18.9 Å². The van der Waals surface area contributed by atoms with Crippen molar-refractivity contribution in [3.05, 3.63) is 46.3 Å². The SMILES string of the molecule is N#CCCN(c1ccc(I)cc1)c1ncccn1. The molecule has 0 bridgehead atoms. The van der Waals surface area contributed by atoms with Gasteiger partial charge >= 0.3 is 0 Å². The summed E-state index contributed by atoms with van der Waals surface area (Å²) in [4.78, 5) is 10.4. The Bertz CT molecular complexity index is 533. The van der Waals surface area contributed by atoms with E-state index in [1.54, 1.807) is 18.5 Å². The number of halogens is 1. The molecule has 0 atom stereocenters. The Morgan fingerprint density at radius 2 is 1.83 bits per heavy atom. The van der Waals surface area contributed by atoms with E-state index in [4.69, 9.17) is 5.26 Å². The number of nitriles is 1. The molecule has 5 heteroatoms. The topological polar surface area (TPSA) is 52.8 Å². The Morgan fingerprint density at radius 1 is 1.17 bits per heavy atom. The van der Waals surface area contributed by atoms with Crippen molar-refractivity contribution >= 4 is 34.2 Å². The van der Waals surface area contributed by atoms with Gasteiger partial charge in [0.15, 0.2) is 0 Å². The predicted octanol–water partition coefficient (Wildman–Crippen LogP) is 3.13. The van der Waals surface area contributed by atoms with Gasteiger partial charge in [-0.2, -0.15) is 5.26 Å². The number of anilines is 2. The van der Waals surface area contributed by atoms with Crippen molar-refractivity contribution in [3.63, 3.8) is 0 Å². The summed E-state index contributed by atoms with van der Waals surface area (Å²) in [6.07, 6.45) is 3.84. The van der Waals surface area contributed by atoms with Gasteiger partial charge in [-0.3, -0.25) is 0 Å². The van der Waals surface area contributed by atoms with E-state index in [1.807, 2.05) is 29.2 Å². The summed E-state index contributed by atoms with van der Waals surface area (Å²) in [5.41, 5.74) is 0.997. The summed E-state index contributed by atoms with van der Waals surface area (Å²) in [5, 5.41) is 8.73. The normalized spacial score (nSPS) is 9.78. The first-order valence-electron chi connectivity index (χ1n) is 5.48. The smallest absolute Gasteiger partial charge is 0.229 e. The van der Waals surface area contributed by atoms with Gasteiger partial charge in [-0.15, -0.1) is 0 Å². The van der Waals surface area contributed by atoms with Crippen molar-refractivity contribution < 1.29 is 0 Å². The van der Waals surface area contributed by atoms with Crippen LogP contribution in [0.25, 0.3) is 0 Å². The monoisotopic (exact) mass is 350 g/mol. The van der Waals surface area contributed by atoms with Gasteiger partial charge in [0.2, 0.25) is 5.95 Å². The average molecular weight is 350 g/mol. The van der Waals surface area contributed by atoms with Gasteiger partial charge in [-0.1, -0.05) is 0 Å². The Balaban J connectivity index is 2.31. The number of aromatic nitrogens is 2. The van der Waals surface area contributed by atoms with Gasteiger partial charge in [0.1, 0.15) is 0 Å². The van der Waals surface area contributed by atoms with Crippen molar-refractivity contribution in [3.8, 4) is 6.07 Å². The highest BCUT2D eigenvalue weighted by Gasteiger charge is 2.10. The molecule has 0 saturated carbocycles. The van der Waals surface area contributed by atoms with Crippen molar-refractivity contribution in [2.75, 3.05) is 11.4 Å². The summed E-state index contributed by atoms with van der Waals surface area (Å²) in [7, 11) is 0. The molecule has 2 rings (SSSR count). The number of hydrogen-bond acceptors (Lipinski definition) is 4. The van der Waals surface area contributed by atoms with Crippen LogP contribution in [0.4, 0.5) is 11.6 Å². The molecule has 18 heavy (non-hydrogen) atoms. The maximum Gasteiger partial charge on any atom is 0.229 e. The van der Waals surface area contributed by atoms with Gasteiger partial charge in [-0.25, -0.2) is 9.97 Å². The molecule has 0 aliphatic carbocycles. The minimum atomic E-state index is 0.435. The lowest BCUT2D eigenvalue weighted by atomic mass is 10.3. The fourth-order valence-corrected chi connectivity index (χ4v) is 1.92. The Kier molecular flexibility index (Phi) is 4.47. The number of benzene rings is 1. The lowest BCUT2D eigenvalue weighted by Crippen LogP contribution is -2.20. The molecule has 0 aliphatic heterocycles. The highest BCUT2D eigenvalue weighted by atomic mass is 127. The molecule has 1 aromatic heterocycles. The molecule has 1 aromatic carbocycles. The van der Waals surface area contributed by atoms with Crippen molar-refractivity contribution in [2.24, 2.45) is 0 Å². The highest BCUT2D eigenvalue weighted by molar-refractivity contribution is 14.1. The molecule has 0 aliphatic rings. The molecule has 0 amide bonds. The first kappa shape index (κ1) is 12.8. The summed E-state index contributed by atoms with van der Waals surface area (Å²) >= 11 is 2.26. The first-order valence-corrected chi connectivity index (χ1v) is 6.56. The summed E-state index contributed by atoms with van der Waals surface area (Å²) in [6, 6.07) is 12.0. The third kappa shape index (κ3) is 3.17. The molecule has 90 valence electrons. The van der Waals surface area contributed by atoms with Crippen LogP contribution in [0.3, 0.4) is 0 Å². The second-order valence-electron chi connectivity index (χ2n) is 3.58. The van der Waals surface area contributed by atoms with Crippen LogP contribution in [-0.4, -0.2) is 16.5 Å². The molecule has 4 nitrogen and oxygen atoms in total. The Labute approximate surface area is 119 Å². The van der Waals surface area contributed by atoms with Crippen LogP contribution in [0.5, 0.6) is 0 Å². The lowest BCUT2D eigenvalue weighted by Gasteiger charge is -2.21. The van der Waals surface area contributed by atoms with Crippen LogP contribution in [0, 0.1) is 14.9 Å². The van der Waals surface area contributed by atoms with Crippen LogP contribution in [0.2, 0.25) is 0 Å². The zero-order valence-electron chi connectivity index (χ0n) is 9.62. The van der Waals surface area contributed by atoms with Crippen molar-refractivity contribution in [1.29, 1.82) is 5.26 Å². The molecule has 0 unspecified atom stereocenters. The van der Waals surface area contributed by atoms with Gasteiger partial charge in [0, 0.05) is 28.2 Å². The number of nitrogens with zero attached hydrogens (tertiary/aromatic N) is 4. The zero-order valence-corrected chi connectivity index (χ0v) is 11.8. The molecule has 0 saturated heterocycles. The molecule has 0 fully saturated rings. The van der Waals surface area contributed by atoms with Gasteiger partial charge in [0.25, 0.3) is 0 Å². The third-order valence-corrected chi connectivity index (χ3v) is 3.10. The summed E-state index contributed by atoms with van der Waals surface area (Å²) < 4.78 is 1.17. The standard InChI is InChI=1S/C13H11IN4/c14-11-3-5-12(6-4-11)18(10-1-7-15)13-16-8-2-9-17-13/h2-6,8-9H,1,10H2. The van der Waals surface area contributed by atoms with Crippen molar-refractivity contribution in [2.45, 2.75) is 6.42 Å². The van der Waals surface area contributed by atoms with E-state index < -0.39 is 0 Å². The Morgan fingerprint density at radius 3 is 2.44 bits per heavy atom. The van der Waals surface area contributed by atoms with Gasteiger partial charge < -0.3 is 4.90 Å². The fraction of sp³-hybridized carbons (Fsp3) is 0.154. The quantitative estimate of drug-likeness (QED) is 0.795. The molecule has 0 N–H and O–H groups in total. The molecule has 2 aromatic rings. The lowest BCUT2D eigenvalue weighted by molar-refractivity contribution is 0.898. The van der Waals surface area contributed by atoms with E-state index in [-0.39, 0.29) is 0 Å². The minimum Gasteiger partial charge on any atom is -0.310 e. The molecule has 0 radical (unpaired) electrons. The van der Waals surface area contributed by atoms with E-state index in [0.717, 1.165) is 5.69 Å². The molecular formula is C13H11IN4. The fourth-order valence-electron chi connectivity index (χ4n) is 1.56. The second-order valence-corrected chi connectivity index (χ2v) is 4.83. The molecular weight excluding hydrogens is 339 g/mol. The average Bonchev–Trinajstić information content (AvgIpc) is 2.42. The van der Waals surface area contributed by atoms with E-state index in [9.17, 15) is 0 Å². The number of hydrogen-bond donors (Lipinski definition) is 0.